The van der Waals surface area contributed by atoms with E-state index in [0.717, 1.165) is 5.56 Å². The molecule has 1 unspecified atom stereocenters. The fourth-order valence-electron chi connectivity index (χ4n) is 3.76. The smallest absolute Gasteiger partial charge is 0.267 e. The van der Waals surface area contributed by atoms with Crippen LogP contribution >= 0.6 is 0 Å². The van der Waals surface area contributed by atoms with E-state index in [2.05, 4.69) is 15.0 Å². The average Bonchev–Trinajstić information content (AvgIpc) is 3.24. The van der Waals surface area contributed by atoms with E-state index >= 15 is 0 Å². The van der Waals surface area contributed by atoms with Crippen molar-refractivity contribution < 1.29 is 14.4 Å². The Hall–Kier alpha value is -3.27. The highest BCUT2D eigenvalue weighted by molar-refractivity contribution is 5.90. The molecule has 10 nitrogen and oxygen atoms in total. The molecule has 2 aliphatic heterocycles. The van der Waals surface area contributed by atoms with Gasteiger partial charge < -0.3 is 15.6 Å². The van der Waals surface area contributed by atoms with E-state index in [0.29, 0.717) is 44.9 Å². The third kappa shape index (κ3) is 3.97. The summed E-state index contributed by atoms with van der Waals surface area (Å²) in [6, 6.07) is 4.45. The summed E-state index contributed by atoms with van der Waals surface area (Å²) in [7, 11) is 0. The van der Waals surface area contributed by atoms with E-state index < -0.39 is 5.91 Å². The second kappa shape index (κ2) is 8.00. The quantitative estimate of drug-likeness (QED) is 0.760. The van der Waals surface area contributed by atoms with Crippen molar-refractivity contribution in [2.75, 3.05) is 24.6 Å². The molecule has 2 fully saturated rings. The molecule has 0 saturated carbocycles. The summed E-state index contributed by atoms with van der Waals surface area (Å²) >= 11 is 0. The van der Waals surface area contributed by atoms with Crippen LogP contribution in [0.15, 0.2) is 35.4 Å². The first kappa shape index (κ1) is 19.1. The van der Waals surface area contributed by atoms with Crippen LogP contribution in [0.25, 0.3) is 0 Å². The van der Waals surface area contributed by atoms with Crippen LogP contribution in [-0.2, 0) is 9.63 Å². The van der Waals surface area contributed by atoms with Crippen LogP contribution in [0.3, 0.4) is 0 Å². The van der Waals surface area contributed by atoms with Gasteiger partial charge in [-0.15, -0.1) is 0 Å². The number of hydrogen-bond acceptors (Lipinski definition) is 7. The van der Waals surface area contributed by atoms with Crippen molar-refractivity contribution in [2.45, 2.75) is 25.3 Å². The molecular weight excluding hydrogens is 376 g/mol. The summed E-state index contributed by atoms with van der Waals surface area (Å²) in [5, 5.41) is 1.46. The first-order chi connectivity index (χ1) is 14.0. The van der Waals surface area contributed by atoms with Crippen molar-refractivity contribution in [2.24, 2.45) is 11.7 Å². The molecule has 2 amide bonds. The number of nitrogens with one attached hydrogen (secondary N) is 1. The number of hydroxylamine groups is 2. The lowest BCUT2D eigenvalue weighted by Gasteiger charge is -2.34. The van der Waals surface area contributed by atoms with Gasteiger partial charge in [0.2, 0.25) is 17.4 Å². The monoisotopic (exact) mass is 398 g/mol. The lowest BCUT2D eigenvalue weighted by Crippen LogP contribution is -2.42. The minimum atomic E-state index is -0.599. The molecule has 10 heteroatoms. The Labute approximate surface area is 166 Å². The Bertz CT molecular complexity index is 949. The number of hydrogen-bond donors (Lipinski definition) is 2. The maximum atomic E-state index is 13.1. The van der Waals surface area contributed by atoms with E-state index in [1.165, 1.54) is 23.4 Å². The van der Waals surface area contributed by atoms with Gasteiger partial charge in [0.15, 0.2) is 0 Å². The predicted octanol–water partition coefficient (Wildman–Crippen LogP) is 0.385. The van der Waals surface area contributed by atoms with Crippen LogP contribution < -0.4 is 16.2 Å². The number of rotatable bonds is 4. The van der Waals surface area contributed by atoms with Crippen LogP contribution in [0.2, 0.25) is 0 Å². The standard InChI is InChI=1S/C19H22N6O4/c20-17(27)14-3-7-21-19(23-14)24-8-4-12(5-9-24)18(28)25-15(6-10-29-25)13-1-2-16(26)22-11-13/h1-3,7,11-12,15H,4-6,8-10H2,(H2,20,27)(H,22,26). The van der Waals surface area contributed by atoms with Crippen LogP contribution in [0.5, 0.6) is 0 Å². The minimum Gasteiger partial charge on any atom is -0.364 e. The number of anilines is 1. The fraction of sp³-hybridized carbons (Fsp3) is 0.421. The number of primary amides is 1. The highest BCUT2D eigenvalue weighted by atomic mass is 16.7. The minimum absolute atomic E-state index is 0.0508. The largest absolute Gasteiger partial charge is 0.364 e. The number of carbonyl (C=O) groups excluding carboxylic acids is 2. The zero-order valence-electron chi connectivity index (χ0n) is 15.8. The van der Waals surface area contributed by atoms with Crippen LogP contribution in [0.4, 0.5) is 5.95 Å². The number of aromatic amines is 1. The SMILES string of the molecule is NC(=O)c1ccnc(N2CCC(C(=O)N3OCCC3c3ccc(=O)[nH]c3)CC2)n1. The van der Waals surface area contributed by atoms with E-state index in [1.807, 2.05) is 4.90 Å². The molecule has 0 aliphatic carbocycles. The average molecular weight is 398 g/mol. The first-order valence-electron chi connectivity index (χ1n) is 9.55. The summed E-state index contributed by atoms with van der Waals surface area (Å²) in [5.74, 6) is -0.381. The zero-order valence-corrected chi connectivity index (χ0v) is 15.8. The summed E-state index contributed by atoms with van der Waals surface area (Å²) in [6.07, 6.45) is 5.08. The number of carbonyl (C=O) groups is 2. The normalized spacial score (nSPS) is 20.1. The Morgan fingerprint density at radius 1 is 1.17 bits per heavy atom. The number of pyridine rings is 1. The van der Waals surface area contributed by atoms with E-state index in [-0.39, 0.29) is 29.1 Å². The zero-order chi connectivity index (χ0) is 20.4. The highest BCUT2D eigenvalue weighted by Crippen LogP contribution is 2.33. The molecule has 29 heavy (non-hydrogen) atoms. The summed E-state index contributed by atoms with van der Waals surface area (Å²) in [5.41, 5.74) is 6.12. The third-order valence-corrected chi connectivity index (χ3v) is 5.34. The molecule has 2 aromatic heterocycles. The van der Waals surface area contributed by atoms with Gasteiger partial charge in [-0.2, -0.15) is 0 Å². The fourth-order valence-corrected chi connectivity index (χ4v) is 3.76. The molecule has 2 aromatic rings. The molecular formula is C19H22N6O4. The maximum absolute atomic E-state index is 13.1. The number of aromatic nitrogens is 3. The number of nitrogens with zero attached hydrogens (tertiary/aromatic N) is 4. The van der Waals surface area contributed by atoms with Crippen molar-refractivity contribution in [3.05, 3.63) is 52.2 Å². The third-order valence-electron chi connectivity index (χ3n) is 5.34. The number of nitrogens with two attached hydrogens (primary N) is 1. The summed E-state index contributed by atoms with van der Waals surface area (Å²) in [4.78, 5) is 54.3. The van der Waals surface area contributed by atoms with Gasteiger partial charge in [-0.3, -0.25) is 19.2 Å². The van der Waals surface area contributed by atoms with Crippen molar-refractivity contribution in [1.82, 2.24) is 20.0 Å². The Kier molecular flexibility index (Phi) is 5.26. The molecule has 152 valence electrons. The van der Waals surface area contributed by atoms with Gasteiger partial charge in [-0.25, -0.2) is 15.0 Å². The number of amides is 2. The lowest BCUT2D eigenvalue weighted by atomic mass is 9.95. The predicted molar refractivity (Wildman–Crippen MR) is 103 cm³/mol. The van der Waals surface area contributed by atoms with Gasteiger partial charge in [-0.1, -0.05) is 0 Å². The summed E-state index contributed by atoms with van der Waals surface area (Å²) in [6.45, 7) is 1.65. The molecule has 4 rings (SSSR count). The second-order valence-corrected chi connectivity index (χ2v) is 7.16. The summed E-state index contributed by atoms with van der Waals surface area (Å²) < 4.78 is 0. The van der Waals surface area contributed by atoms with Crippen molar-refractivity contribution in [3.63, 3.8) is 0 Å². The first-order valence-corrected chi connectivity index (χ1v) is 9.55. The van der Waals surface area contributed by atoms with Crippen LogP contribution in [0.1, 0.15) is 41.4 Å². The van der Waals surface area contributed by atoms with Gasteiger partial charge in [0.05, 0.1) is 12.6 Å². The van der Waals surface area contributed by atoms with Gasteiger partial charge in [0, 0.05) is 43.9 Å². The second-order valence-electron chi connectivity index (χ2n) is 7.16. The Morgan fingerprint density at radius 3 is 2.66 bits per heavy atom. The van der Waals surface area contributed by atoms with Gasteiger partial charge in [-0.05, 0) is 30.5 Å². The van der Waals surface area contributed by atoms with Crippen molar-refractivity contribution in [3.8, 4) is 0 Å². The van der Waals surface area contributed by atoms with Gasteiger partial charge in [0.25, 0.3) is 5.91 Å². The molecule has 0 spiro atoms. The molecule has 1 atom stereocenters. The molecule has 0 radical (unpaired) electrons. The van der Waals surface area contributed by atoms with Crippen molar-refractivity contribution >= 4 is 17.8 Å². The highest BCUT2D eigenvalue weighted by Gasteiger charge is 2.37. The molecule has 0 bridgehead atoms. The molecule has 3 N–H and O–H groups in total. The number of piperidine rings is 1. The van der Waals surface area contributed by atoms with Crippen LogP contribution in [0, 0.1) is 5.92 Å². The van der Waals surface area contributed by atoms with Crippen LogP contribution in [-0.4, -0.2) is 51.5 Å². The Morgan fingerprint density at radius 2 is 1.97 bits per heavy atom. The van der Waals surface area contributed by atoms with E-state index in [4.69, 9.17) is 10.6 Å². The Balaban J connectivity index is 1.41. The van der Waals surface area contributed by atoms with Crippen molar-refractivity contribution in [1.29, 1.82) is 0 Å². The van der Waals surface area contributed by atoms with Gasteiger partial charge in [0.1, 0.15) is 5.69 Å². The molecule has 2 saturated heterocycles. The molecule has 4 heterocycles. The van der Waals surface area contributed by atoms with E-state index in [1.54, 1.807) is 12.3 Å². The maximum Gasteiger partial charge on any atom is 0.267 e. The van der Waals surface area contributed by atoms with Gasteiger partial charge >= 0.3 is 0 Å². The molecule has 2 aliphatic rings. The van der Waals surface area contributed by atoms with E-state index in [9.17, 15) is 14.4 Å². The molecule has 0 aromatic carbocycles. The number of H-pyrrole nitrogens is 1. The topological polar surface area (TPSA) is 135 Å². The lowest BCUT2D eigenvalue weighted by molar-refractivity contribution is -0.182.